The lowest BCUT2D eigenvalue weighted by atomic mass is 9.74. The third kappa shape index (κ3) is 6.52. The summed E-state index contributed by atoms with van der Waals surface area (Å²) in [5, 5.41) is 22.3. The van der Waals surface area contributed by atoms with Gasteiger partial charge in [0, 0.05) is 18.8 Å². The highest BCUT2D eigenvalue weighted by Gasteiger charge is 2.42. The first kappa shape index (κ1) is 27.4. The number of aryl methyl sites for hydroxylation is 1. The summed E-state index contributed by atoms with van der Waals surface area (Å²) in [6, 6.07) is 5.53. The highest BCUT2D eigenvalue weighted by molar-refractivity contribution is 7.18. The number of aliphatic hydroxyl groups excluding tert-OH is 2. The van der Waals surface area contributed by atoms with Gasteiger partial charge in [-0.15, -0.1) is 11.3 Å². The molecule has 5 atom stereocenters. The molecular weight excluding hydrogens is 473 g/mol. The number of hydrogen-bond acceptors (Lipinski definition) is 8. The number of benzene rings is 1. The number of Topliss-reactive ketones (excluding diaryl/α,β-unsaturated/α-hetero) is 1. The van der Waals surface area contributed by atoms with Gasteiger partial charge in [-0.1, -0.05) is 26.8 Å². The number of esters is 1. The van der Waals surface area contributed by atoms with Gasteiger partial charge in [-0.3, -0.25) is 9.59 Å². The molecule has 0 fully saturated rings. The first-order valence-electron chi connectivity index (χ1n) is 11.8. The van der Waals surface area contributed by atoms with E-state index in [-0.39, 0.29) is 19.4 Å². The summed E-state index contributed by atoms with van der Waals surface area (Å²) in [6.45, 7) is 8.17. The maximum Gasteiger partial charge on any atom is 0.309 e. The van der Waals surface area contributed by atoms with Crippen molar-refractivity contribution in [2.75, 3.05) is 6.61 Å². The topological polar surface area (TPSA) is 106 Å². The molecule has 0 saturated carbocycles. The van der Waals surface area contributed by atoms with E-state index in [4.69, 9.17) is 9.47 Å². The van der Waals surface area contributed by atoms with Crippen molar-refractivity contribution in [3.05, 3.63) is 40.7 Å². The van der Waals surface area contributed by atoms with E-state index in [0.29, 0.717) is 5.56 Å². The highest BCUT2D eigenvalue weighted by Crippen LogP contribution is 2.33. The molecule has 3 rings (SSSR count). The fraction of sp³-hybridized carbons (Fsp3) is 0.577. The molecule has 1 aliphatic heterocycles. The monoisotopic (exact) mass is 507 g/mol. The number of rotatable bonds is 1. The molecule has 7 nitrogen and oxygen atoms in total. The lowest BCUT2D eigenvalue weighted by Crippen LogP contribution is -2.47. The molecule has 9 heteroatoms. The summed E-state index contributed by atoms with van der Waals surface area (Å²) in [5.41, 5.74) is 0.112. The van der Waals surface area contributed by atoms with Crippen LogP contribution in [0.25, 0.3) is 10.2 Å². The highest BCUT2D eigenvalue weighted by atomic mass is 32.1. The van der Waals surface area contributed by atoms with E-state index in [2.05, 4.69) is 4.98 Å². The number of ether oxygens (including phenoxy) is 2. The molecule has 0 aliphatic carbocycles. The van der Waals surface area contributed by atoms with E-state index in [1.54, 1.807) is 39.0 Å². The van der Waals surface area contributed by atoms with E-state index in [9.17, 15) is 24.2 Å². The Hall–Kier alpha value is -2.20. The molecule has 1 aliphatic rings. The van der Waals surface area contributed by atoms with Gasteiger partial charge in [-0.25, -0.2) is 9.37 Å². The number of carbonyl (C=O) groups is 2. The van der Waals surface area contributed by atoms with E-state index < -0.39 is 59.7 Å². The van der Waals surface area contributed by atoms with Crippen molar-refractivity contribution < 1.29 is 33.7 Å². The minimum absolute atomic E-state index is 0.0159. The SMILES string of the molecule is Cc1nc2cc([C@@H]3C/C=C(\F)CCO[C@@H](C)[C@@H](O)[C@@H](C)C(=O)C(C)(C)[C@@H](O)CC(=O)O3)ccc2s1. The number of cyclic esters (lactones) is 1. The number of aromatic nitrogens is 1. The Morgan fingerprint density at radius 3 is 2.63 bits per heavy atom. The van der Waals surface area contributed by atoms with Gasteiger partial charge in [-0.05, 0) is 37.6 Å². The van der Waals surface area contributed by atoms with Gasteiger partial charge in [0.25, 0.3) is 0 Å². The Morgan fingerprint density at radius 2 is 1.91 bits per heavy atom. The molecule has 0 amide bonds. The Bertz CT molecular complexity index is 1100. The Labute approximate surface area is 209 Å². The smallest absolute Gasteiger partial charge is 0.309 e. The van der Waals surface area contributed by atoms with Crippen LogP contribution in [-0.4, -0.2) is 51.9 Å². The van der Waals surface area contributed by atoms with E-state index in [1.165, 1.54) is 6.08 Å². The first-order valence-corrected chi connectivity index (χ1v) is 12.6. The maximum atomic E-state index is 14.5. The summed E-state index contributed by atoms with van der Waals surface area (Å²) in [5.74, 6) is -2.40. The van der Waals surface area contributed by atoms with Crippen LogP contribution in [0.5, 0.6) is 0 Å². The standard InChI is InChI=1S/C26H34FNO6S/c1-14-24(31)15(2)33-11-10-18(27)7-8-20(17-6-9-21-19(12-17)28-16(3)35-21)34-23(30)13-22(29)26(4,5)25(14)32/h6-7,9,12,14-15,20,22,24,29,31H,8,10-11,13H2,1-5H3/b18-7-/t14-,15+,20+,22+,24+/m1/s1. The molecular formula is C26H34FNO6S. The summed E-state index contributed by atoms with van der Waals surface area (Å²) in [4.78, 5) is 30.4. The summed E-state index contributed by atoms with van der Waals surface area (Å²) in [7, 11) is 0. The molecule has 2 heterocycles. The van der Waals surface area contributed by atoms with Crippen molar-refractivity contribution in [3.8, 4) is 0 Å². The van der Waals surface area contributed by atoms with Crippen LogP contribution < -0.4 is 0 Å². The van der Waals surface area contributed by atoms with Gasteiger partial charge in [0.05, 0.1) is 57.8 Å². The number of halogens is 1. The largest absolute Gasteiger partial charge is 0.457 e. The molecule has 0 saturated heterocycles. The van der Waals surface area contributed by atoms with Gasteiger partial charge in [-0.2, -0.15) is 0 Å². The first-order chi connectivity index (χ1) is 16.4. The van der Waals surface area contributed by atoms with Crippen LogP contribution >= 0.6 is 11.3 Å². The number of ketones is 1. The lowest BCUT2D eigenvalue weighted by molar-refractivity contribution is -0.156. The van der Waals surface area contributed by atoms with Crippen LogP contribution in [0.1, 0.15) is 63.6 Å². The normalized spacial score (nSPS) is 31.1. The second kappa shape index (κ2) is 11.2. The number of fused-ring (bicyclic) bond motifs is 1. The number of carbonyl (C=O) groups excluding carboxylic acids is 2. The van der Waals surface area contributed by atoms with Crippen LogP contribution in [0.2, 0.25) is 0 Å². The van der Waals surface area contributed by atoms with Gasteiger partial charge >= 0.3 is 5.97 Å². The van der Waals surface area contributed by atoms with Gasteiger partial charge in [0.1, 0.15) is 11.9 Å². The van der Waals surface area contributed by atoms with E-state index in [1.807, 2.05) is 25.1 Å². The molecule has 1 aromatic carbocycles. The molecule has 2 aromatic rings. The van der Waals surface area contributed by atoms with Gasteiger partial charge in [0.15, 0.2) is 0 Å². The molecule has 0 spiro atoms. The fourth-order valence-electron chi connectivity index (χ4n) is 4.22. The number of nitrogens with zero attached hydrogens (tertiary/aromatic N) is 1. The predicted molar refractivity (Wildman–Crippen MR) is 132 cm³/mol. The second-order valence-corrected chi connectivity index (χ2v) is 11.0. The average molecular weight is 508 g/mol. The van der Waals surface area contributed by atoms with Crippen molar-refractivity contribution in [2.24, 2.45) is 11.3 Å². The van der Waals surface area contributed by atoms with E-state index >= 15 is 0 Å². The van der Waals surface area contributed by atoms with E-state index in [0.717, 1.165) is 15.2 Å². The Kier molecular flexibility index (Phi) is 8.80. The van der Waals surface area contributed by atoms with Crippen molar-refractivity contribution in [1.82, 2.24) is 4.98 Å². The minimum Gasteiger partial charge on any atom is -0.457 e. The third-order valence-corrected chi connectivity index (χ3v) is 7.63. The fourth-order valence-corrected chi connectivity index (χ4v) is 5.03. The molecule has 1 aromatic heterocycles. The maximum absolute atomic E-state index is 14.5. The lowest BCUT2D eigenvalue weighted by Gasteiger charge is -2.34. The summed E-state index contributed by atoms with van der Waals surface area (Å²) < 4.78 is 26.8. The van der Waals surface area contributed by atoms with Crippen LogP contribution in [0.3, 0.4) is 0 Å². The third-order valence-electron chi connectivity index (χ3n) is 6.67. The second-order valence-electron chi connectivity index (χ2n) is 9.74. The quantitative estimate of drug-likeness (QED) is 0.544. The zero-order chi connectivity index (χ0) is 25.9. The Morgan fingerprint density at radius 1 is 1.20 bits per heavy atom. The zero-order valence-electron chi connectivity index (χ0n) is 20.8. The van der Waals surface area contributed by atoms with Gasteiger partial charge in [0.2, 0.25) is 0 Å². The molecule has 0 bridgehead atoms. The van der Waals surface area contributed by atoms with Crippen LogP contribution in [0.4, 0.5) is 4.39 Å². The summed E-state index contributed by atoms with van der Waals surface area (Å²) >= 11 is 1.55. The number of thiazole rings is 1. The molecule has 0 unspecified atom stereocenters. The summed E-state index contributed by atoms with van der Waals surface area (Å²) in [6.07, 6.45) is -2.99. The van der Waals surface area contributed by atoms with Crippen molar-refractivity contribution in [1.29, 1.82) is 0 Å². The number of aliphatic hydroxyl groups is 2. The molecule has 35 heavy (non-hydrogen) atoms. The van der Waals surface area contributed by atoms with Crippen molar-refractivity contribution in [3.63, 3.8) is 0 Å². The molecule has 2 N–H and O–H groups in total. The van der Waals surface area contributed by atoms with Crippen LogP contribution in [0, 0.1) is 18.3 Å². The molecule has 0 radical (unpaired) electrons. The number of hydrogen-bond donors (Lipinski definition) is 2. The van der Waals surface area contributed by atoms with Crippen LogP contribution in [0.15, 0.2) is 30.1 Å². The minimum atomic E-state index is -1.34. The van der Waals surface area contributed by atoms with Crippen molar-refractivity contribution in [2.45, 2.75) is 78.3 Å². The van der Waals surface area contributed by atoms with Crippen LogP contribution in [-0.2, 0) is 19.1 Å². The van der Waals surface area contributed by atoms with Crippen molar-refractivity contribution >= 4 is 33.3 Å². The zero-order valence-corrected chi connectivity index (χ0v) is 21.6. The molecule has 192 valence electrons. The predicted octanol–water partition coefficient (Wildman–Crippen LogP) is 4.58. The Balaban J connectivity index is 1.91. The average Bonchev–Trinajstić information content (AvgIpc) is 3.18. The van der Waals surface area contributed by atoms with Gasteiger partial charge < -0.3 is 19.7 Å².